The van der Waals surface area contributed by atoms with Crippen LogP contribution in [0.2, 0.25) is 4.34 Å². The normalized spacial score (nSPS) is 11.5. The summed E-state index contributed by atoms with van der Waals surface area (Å²) >= 11 is 7.27. The number of hydrogen-bond donors (Lipinski definition) is 2. The van der Waals surface area contributed by atoms with Crippen molar-refractivity contribution in [1.29, 1.82) is 0 Å². The van der Waals surface area contributed by atoms with Crippen molar-refractivity contribution in [2.24, 2.45) is 0 Å². The van der Waals surface area contributed by atoms with E-state index in [0.717, 1.165) is 17.0 Å². The van der Waals surface area contributed by atoms with Gasteiger partial charge in [0.05, 0.1) is 9.90 Å². The van der Waals surface area contributed by atoms with Crippen molar-refractivity contribution in [1.82, 2.24) is 4.98 Å². The molecule has 8 heteroatoms. The molecule has 0 spiro atoms. The summed E-state index contributed by atoms with van der Waals surface area (Å²) in [6.07, 6.45) is -3.73. The second-order valence-corrected chi connectivity index (χ2v) is 6.06. The Hall–Kier alpha value is -1.47. The average Bonchev–Trinajstić information content (AvgIpc) is 2.83. The topological polar surface area (TPSA) is 37.0 Å². The molecule has 21 heavy (non-hydrogen) atoms. The molecule has 0 bridgehead atoms. The molecule has 2 N–H and O–H groups in total. The van der Waals surface area contributed by atoms with Gasteiger partial charge in [-0.15, -0.1) is 11.3 Å². The van der Waals surface area contributed by atoms with Crippen molar-refractivity contribution in [3.05, 3.63) is 39.0 Å². The first-order valence-electron chi connectivity index (χ1n) is 6.13. The zero-order chi connectivity index (χ0) is 15.5. The first-order valence-corrected chi connectivity index (χ1v) is 7.33. The molecule has 2 aromatic rings. The number of halogens is 4. The molecule has 114 valence electrons. The van der Waals surface area contributed by atoms with Crippen LogP contribution in [0.1, 0.15) is 10.4 Å². The zero-order valence-corrected chi connectivity index (χ0v) is 12.7. The van der Waals surface area contributed by atoms with Crippen molar-refractivity contribution < 1.29 is 13.2 Å². The quantitative estimate of drug-likeness (QED) is 0.844. The van der Waals surface area contributed by atoms with Gasteiger partial charge in [-0.3, -0.25) is 0 Å². The first-order chi connectivity index (χ1) is 9.88. The molecule has 0 amide bonds. The Labute approximate surface area is 129 Å². The van der Waals surface area contributed by atoms with E-state index < -0.39 is 11.7 Å². The summed E-state index contributed by atoms with van der Waals surface area (Å²) in [5.74, 6) is 0.364. The minimum atomic E-state index is -4.40. The van der Waals surface area contributed by atoms with Crippen LogP contribution in [-0.2, 0) is 12.6 Å². The highest BCUT2D eigenvalue weighted by atomic mass is 35.5. The second kappa shape index (κ2) is 6.53. The third-order valence-corrected chi connectivity index (χ3v) is 4.01. The SMILES string of the molecule is CNc1cc(C(F)(F)F)cc(NCCc2ccc(Cl)s2)n1. The Morgan fingerprint density at radius 1 is 1.24 bits per heavy atom. The Balaban J connectivity index is 2.05. The van der Waals surface area contributed by atoms with Crippen LogP contribution in [-0.4, -0.2) is 18.6 Å². The van der Waals surface area contributed by atoms with E-state index in [0.29, 0.717) is 17.3 Å². The molecule has 0 unspecified atom stereocenters. The van der Waals surface area contributed by atoms with Gasteiger partial charge in [-0.25, -0.2) is 4.98 Å². The van der Waals surface area contributed by atoms with Gasteiger partial charge in [0.2, 0.25) is 0 Å². The number of anilines is 2. The molecule has 0 aromatic carbocycles. The monoisotopic (exact) mass is 335 g/mol. The van der Waals surface area contributed by atoms with Crippen LogP contribution in [0.5, 0.6) is 0 Å². The Kier molecular flexibility index (Phi) is 4.95. The van der Waals surface area contributed by atoms with Crippen molar-refractivity contribution in [3.8, 4) is 0 Å². The molecule has 0 fully saturated rings. The minimum Gasteiger partial charge on any atom is -0.373 e. The van der Waals surface area contributed by atoms with Crippen LogP contribution in [0, 0.1) is 0 Å². The third-order valence-electron chi connectivity index (χ3n) is 2.72. The first kappa shape index (κ1) is 15.9. The van der Waals surface area contributed by atoms with Gasteiger partial charge in [0, 0.05) is 18.5 Å². The van der Waals surface area contributed by atoms with E-state index >= 15 is 0 Å². The van der Waals surface area contributed by atoms with Crippen LogP contribution in [0.3, 0.4) is 0 Å². The summed E-state index contributed by atoms with van der Waals surface area (Å²) in [5, 5.41) is 5.53. The van der Waals surface area contributed by atoms with Crippen LogP contribution >= 0.6 is 22.9 Å². The summed E-state index contributed by atoms with van der Waals surface area (Å²) in [5.41, 5.74) is -0.733. The van der Waals surface area contributed by atoms with E-state index in [1.165, 1.54) is 18.4 Å². The molecule has 0 saturated carbocycles. The maximum absolute atomic E-state index is 12.8. The fourth-order valence-electron chi connectivity index (χ4n) is 1.71. The number of nitrogens with zero attached hydrogens (tertiary/aromatic N) is 1. The van der Waals surface area contributed by atoms with Crippen molar-refractivity contribution in [2.45, 2.75) is 12.6 Å². The highest BCUT2D eigenvalue weighted by Crippen LogP contribution is 2.32. The zero-order valence-electron chi connectivity index (χ0n) is 11.1. The molecule has 0 atom stereocenters. The lowest BCUT2D eigenvalue weighted by atomic mass is 10.2. The molecule has 0 aliphatic carbocycles. The van der Waals surface area contributed by atoms with Gasteiger partial charge < -0.3 is 10.6 Å². The molecule has 0 saturated heterocycles. The molecule has 2 rings (SSSR count). The van der Waals surface area contributed by atoms with E-state index in [-0.39, 0.29) is 11.6 Å². The van der Waals surface area contributed by atoms with Gasteiger partial charge in [0.15, 0.2) is 0 Å². The van der Waals surface area contributed by atoms with E-state index in [4.69, 9.17) is 11.6 Å². The highest BCUT2D eigenvalue weighted by Gasteiger charge is 2.31. The van der Waals surface area contributed by atoms with E-state index in [2.05, 4.69) is 15.6 Å². The van der Waals surface area contributed by atoms with Gasteiger partial charge >= 0.3 is 6.18 Å². The van der Waals surface area contributed by atoms with Crippen LogP contribution in [0.15, 0.2) is 24.3 Å². The average molecular weight is 336 g/mol. The van der Waals surface area contributed by atoms with Crippen LogP contribution < -0.4 is 10.6 Å². The van der Waals surface area contributed by atoms with Gasteiger partial charge in [-0.1, -0.05) is 11.6 Å². The van der Waals surface area contributed by atoms with Gasteiger partial charge in [0.25, 0.3) is 0 Å². The highest BCUT2D eigenvalue weighted by molar-refractivity contribution is 7.16. The van der Waals surface area contributed by atoms with E-state index in [1.54, 1.807) is 6.07 Å². The lowest BCUT2D eigenvalue weighted by molar-refractivity contribution is -0.137. The molecule has 3 nitrogen and oxygen atoms in total. The van der Waals surface area contributed by atoms with Gasteiger partial charge in [0.1, 0.15) is 11.6 Å². The Morgan fingerprint density at radius 2 is 1.95 bits per heavy atom. The van der Waals surface area contributed by atoms with Crippen molar-refractivity contribution in [2.75, 3.05) is 24.2 Å². The summed E-state index contributed by atoms with van der Waals surface area (Å²) in [7, 11) is 1.53. The second-order valence-electron chi connectivity index (χ2n) is 4.26. The smallest absolute Gasteiger partial charge is 0.373 e. The number of thiophene rings is 1. The maximum Gasteiger partial charge on any atom is 0.416 e. The molecule has 2 heterocycles. The molecule has 0 aliphatic heterocycles. The van der Waals surface area contributed by atoms with E-state index in [1.807, 2.05) is 6.07 Å². The molecule has 0 aliphatic rings. The van der Waals surface area contributed by atoms with Crippen LogP contribution in [0.25, 0.3) is 0 Å². The Morgan fingerprint density at radius 3 is 2.52 bits per heavy atom. The third kappa shape index (κ3) is 4.50. The van der Waals surface area contributed by atoms with Gasteiger partial charge in [-0.2, -0.15) is 13.2 Å². The number of pyridine rings is 1. The number of rotatable bonds is 5. The molecular formula is C13H13ClF3N3S. The van der Waals surface area contributed by atoms with Crippen molar-refractivity contribution in [3.63, 3.8) is 0 Å². The summed E-state index contributed by atoms with van der Waals surface area (Å²) in [6.45, 7) is 0.480. The fraction of sp³-hybridized carbons (Fsp3) is 0.308. The molecular weight excluding hydrogens is 323 g/mol. The molecule has 0 radical (unpaired) electrons. The number of hydrogen-bond acceptors (Lipinski definition) is 4. The number of alkyl halides is 3. The van der Waals surface area contributed by atoms with Gasteiger partial charge in [-0.05, 0) is 30.7 Å². The number of aromatic nitrogens is 1. The minimum absolute atomic E-state index is 0.173. The van der Waals surface area contributed by atoms with Crippen molar-refractivity contribution >= 4 is 34.6 Å². The summed E-state index contributed by atoms with van der Waals surface area (Å²) < 4.78 is 39.0. The van der Waals surface area contributed by atoms with E-state index in [9.17, 15) is 13.2 Å². The fourth-order valence-corrected chi connectivity index (χ4v) is 2.80. The maximum atomic E-state index is 12.8. The summed E-state index contributed by atoms with van der Waals surface area (Å²) in [4.78, 5) is 5.12. The largest absolute Gasteiger partial charge is 0.416 e. The lowest BCUT2D eigenvalue weighted by Gasteiger charge is -2.12. The standard InChI is InChI=1S/C13H13ClF3N3S/c1-18-11-6-8(13(15,16)17)7-12(20-11)19-5-4-9-2-3-10(14)21-9/h2-3,6-7H,4-5H2,1H3,(H2,18,19,20). The lowest BCUT2D eigenvalue weighted by Crippen LogP contribution is -2.11. The Bertz CT molecular complexity index is 613. The number of nitrogens with one attached hydrogen (secondary N) is 2. The molecule has 2 aromatic heterocycles. The summed E-state index contributed by atoms with van der Waals surface area (Å²) in [6, 6.07) is 5.67. The van der Waals surface area contributed by atoms with Crippen LogP contribution in [0.4, 0.5) is 24.8 Å². The predicted molar refractivity (Wildman–Crippen MR) is 80.3 cm³/mol. The predicted octanol–water partition coefficient (Wildman–Crippen LogP) is 4.51.